The summed E-state index contributed by atoms with van der Waals surface area (Å²) < 4.78 is 0. The van der Waals surface area contributed by atoms with Crippen LogP contribution in [0.3, 0.4) is 0 Å². The predicted octanol–water partition coefficient (Wildman–Crippen LogP) is 2.97. The highest BCUT2D eigenvalue weighted by molar-refractivity contribution is 7.99. The number of aromatic nitrogens is 2. The summed E-state index contributed by atoms with van der Waals surface area (Å²) in [7, 11) is 0. The Bertz CT molecular complexity index is 242. The van der Waals surface area contributed by atoms with E-state index in [1.807, 2.05) is 6.07 Å². The minimum atomic E-state index is 0.902. The quantitative estimate of drug-likeness (QED) is 0.596. The van der Waals surface area contributed by atoms with Crippen LogP contribution in [0.15, 0.2) is 11.1 Å². The van der Waals surface area contributed by atoms with E-state index in [9.17, 15) is 0 Å². The van der Waals surface area contributed by atoms with Gasteiger partial charge in [-0.05, 0) is 19.1 Å². The lowest BCUT2D eigenvalue weighted by atomic mass is 10.3. The highest BCUT2D eigenvalue weighted by Gasteiger charge is 2.03. The van der Waals surface area contributed by atoms with Crippen molar-refractivity contribution in [3.63, 3.8) is 0 Å². The van der Waals surface area contributed by atoms with Crippen LogP contribution in [-0.2, 0) is 6.42 Å². The molecule has 1 heterocycles. The second-order valence-corrected chi connectivity index (χ2v) is 4.51. The Morgan fingerprint density at radius 3 is 2.67 bits per heavy atom. The van der Waals surface area contributed by atoms with E-state index < -0.39 is 0 Å². The summed E-state index contributed by atoms with van der Waals surface area (Å²) in [5.74, 6) is 2.95. The molecule has 0 aliphatic carbocycles. The molecule has 1 aromatic rings. The maximum absolute atomic E-state index is 4.51. The van der Waals surface area contributed by atoms with E-state index >= 15 is 0 Å². The second-order valence-electron chi connectivity index (χ2n) is 3.22. The molecule has 0 aliphatic rings. The molecule has 4 heteroatoms. The number of anilines is 1. The molecule has 0 fully saturated rings. The molecule has 0 saturated carbocycles. The van der Waals surface area contributed by atoms with Crippen LogP contribution < -0.4 is 5.32 Å². The van der Waals surface area contributed by atoms with E-state index in [-0.39, 0.29) is 0 Å². The van der Waals surface area contributed by atoms with Crippen molar-refractivity contribution in [2.24, 2.45) is 0 Å². The van der Waals surface area contributed by atoms with E-state index in [1.54, 1.807) is 11.8 Å². The predicted molar refractivity (Wildman–Crippen MR) is 66.6 cm³/mol. The maximum atomic E-state index is 4.51. The van der Waals surface area contributed by atoms with Crippen molar-refractivity contribution in [3.05, 3.63) is 11.9 Å². The van der Waals surface area contributed by atoms with E-state index in [0.717, 1.165) is 41.8 Å². The van der Waals surface area contributed by atoms with Gasteiger partial charge in [-0.1, -0.05) is 13.8 Å². The van der Waals surface area contributed by atoms with Crippen molar-refractivity contribution >= 4 is 17.6 Å². The Kier molecular flexibility index (Phi) is 5.47. The molecule has 0 bridgehead atoms. The fraction of sp³-hybridized carbons (Fsp3) is 0.636. The Morgan fingerprint density at radius 1 is 1.27 bits per heavy atom. The van der Waals surface area contributed by atoms with Gasteiger partial charge in [0.15, 0.2) is 0 Å². The average molecular weight is 225 g/mol. The van der Waals surface area contributed by atoms with E-state index in [1.165, 1.54) is 0 Å². The first kappa shape index (κ1) is 12.3. The molecule has 15 heavy (non-hydrogen) atoms. The van der Waals surface area contributed by atoms with Crippen LogP contribution in [0.4, 0.5) is 5.82 Å². The second kappa shape index (κ2) is 6.67. The van der Waals surface area contributed by atoms with Gasteiger partial charge < -0.3 is 5.32 Å². The summed E-state index contributed by atoms with van der Waals surface area (Å²) in [4.78, 5) is 8.97. The van der Waals surface area contributed by atoms with Gasteiger partial charge in [-0.3, -0.25) is 0 Å². The minimum Gasteiger partial charge on any atom is -0.370 e. The Morgan fingerprint density at radius 2 is 2.07 bits per heavy atom. The maximum Gasteiger partial charge on any atom is 0.132 e. The van der Waals surface area contributed by atoms with Crippen LogP contribution in [0.1, 0.15) is 33.0 Å². The van der Waals surface area contributed by atoms with Gasteiger partial charge in [-0.25, -0.2) is 9.97 Å². The number of aryl methyl sites for hydroxylation is 1. The Hall–Kier alpha value is -0.770. The van der Waals surface area contributed by atoms with Crippen LogP contribution in [-0.4, -0.2) is 22.3 Å². The largest absolute Gasteiger partial charge is 0.370 e. The molecule has 0 aliphatic heterocycles. The molecule has 0 spiro atoms. The number of nitrogens with zero attached hydrogens (tertiary/aromatic N) is 2. The fourth-order valence-corrected chi connectivity index (χ4v) is 1.96. The normalized spacial score (nSPS) is 10.3. The number of nitrogens with one attached hydrogen (secondary N) is 1. The van der Waals surface area contributed by atoms with Gasteiger partial charge in [0.2, 0.25) is 0 Å². The molecular formula is C11H19N3S. The van der Waals surface area contributed by atoms with Crippen LogP contribution in [0.2, 0.25) is 0 Å². The zero-order valence-corrected chi connectivity index (χ0v) is 10.5. The van der Waals surface area contributed by atoms with Gasteiger partial charge in [0.05, 0.1) is 0 Å². The highest BCUT2D eigenvalue weighted by atomic mass is 32.2. The van der Waals surface area contributed by atoms with Gasteiger partial charge in [0, 0.05) is 19.0 Å². The Balaban J connectivity index is 2.86. The lowest BCUT2D eigenvalue weighted by Crippen LogP contribution is -2.04. The standard InChI is InChI=1S/C11H19N3S/c1-4-7-9-13-10(12-5-2)8-11(14-9)15-6-3/h8H,4-7H2,1-3H3,(H,12,13,14). The highest BCUT2D eigenvalue weighted by Crippen LogP contribution is 2.18. The van der Waals surface area contributed by atoms with E-state index in [0.29, 0.717) is 0 Å². The summed E-state index contributed by atoms with van der Waals surface area (Å²) >= 11 is 1.76. The average Bonchev–Trinajstić information content (AvgIpc) is 2.19. The first-order valence-corrected chi connectivity index (χ1v) is 6.53. The minimum absolute atomic E-state index is 0.902. The molecule has 0 atom stereocenters. The third-order valence-electron chi connectivity index (χ3n) is 1.87. The van der Waals surface area contributed by atoms with Gasteiger partial charge in [0.1, 0.15) is 16.7 Å². The molecule has 84 valence electrons. The van der Waals surface area contributed by atoms with Crippen molar-refractivity contribution in [2.45, 2.75) is 38.6 Å². The van der Waals surface area contributed by atoms with Crippen molar-refractivity contribution in [2.75, 3.05) is 17.6 Å². The first-order valence-electron chi connectivity index (χ1n) is 5.54. The van der Waals surface area contributed by atoms with Gasteiger partial charge in [-0.2, -0.15) is 0 Å². The summed E-state index contributed by atoms with van der Waals surface area (Å²) in [5, 5.41) is 4.32. The number of thioether (sulfide) groups is 1. The zero-order valence-electron chi connectivity index (χ0n) is 9.71. The fourth-order valence-electron chi connectivity index (χ4n) is 1.30. The van der Waals surface area contributed by atoms with E-state index in [2.05, 4.69) is 36.1 Å². The molecular weight excluding hydrogens is 206 g/mol. The van der Waals surface area contributed by atoms with Gasteiger partial charge in [-0.15, -0.1) is 11.8 Å². The zero-order chi connectivity index (χ0) is 11.1. The van der Waals surface area contributed by atoms with Crippen LogP contribution in [0, 0.1) is 0 Å². The van der Waals surface area contributed by atoms with Crippen molar-refractivity contribution < 1.29 is 0 Å². The third kappa shape index (κ3) is 4.08. The molecule has 0 unspecified atom stereocenters. The SMILES string of the molecule is CCCc1nc(NCC)cc(SCC)n1. The van der Waals surface area contributed by atoms with Crippen molar-refractivity contribution in [1.82, 2.24) is 9.97 Å². The van der Waals surface area contributed by atoms with Gasteiger partial charge in [0.25, 0.3) is 0 Å². The lowest BCUT2D eigenvalue weighted by Gasteiger charge is -2.07. The van der Waals surface area contributed by atoms with Crippen LogP contribution in [0.5, 0.6) is 0 Å². The number of hydrogen-bond donors (Lipinski definition) is 1. The van der Waals surface area contributed by atoms with E-state index in [4.69, 9.17) is 0 Å². The molecule has 3 nitrogen and oxygen atoms in total. The molecule has 0 amide bonds. The van der Waals surface area contributed by atoms with Gasteiger partial charge >= 0.3 is 0 Å². The summed E-state index contributed by atoms with van der Waals surface area (Å²) in [6.45, 7) is 7.27. The van der Waals surface area contributed by atoms with Crippen LogP contribution in [0.25, 0.3) is 0 Å². The Labute approximate surface area is 96.1 Å². The summed E-state index contributed by atoms with van der Waals surface area (Å²) in [6, 6.07) is 2.02. The van der Waals surface area contributed by atoms with Crippen molar-refractivity contribution in [1.29, 1.82) is 0 Å². The molecule has 0 aromatic carbocycles. The smallest absolute Gasteiger partial charge is 0.132 e. The number of hydrogen-bond acceptors (Lipinski definition) is 4. The topological polar surface area (TPSA) is 37.8 Å². The van der Waals surface area contributed by atoms with Crippen molar-refractivity contribution in [3.8, 4) is 0 Å². The first-order chi connectivity index (χ1) is 7.30. The molecule has 0 radical (unpaired) electrons. The molecule has 0 saturated heterocycles. The molecule has 1 rings (SSSR count). The molecule has 1 N–H and O–H groups in total. The monoisotopic (exact) mass is 225 g/mol. The third-order valence-corrected chi connectivity index (χ3v) is 2.67. The number of rotatable bonds is 6. The summed E-state index contributed by atoms with van der Waals surface area (Å²) in [5.41, 5.74) is 0. The molecule has 1 aromatic heterocycles. The lowest BCUT2D eigenvalue weighted by molar-refractivity contribution is 0.810. The van der Waals surface area contributed by atoms with Crippen LogP contribution >= 0.6 is 11.8 Å². The summed E-state index contributed by atoms with van der Waals surface area (Å²) in [6.07, 6.45) is 2.04.